The lowest BCUT2D eigenvalue weighted by atomic mass is 10.1. The van der Waals surface area contributed by atoms with Crippen LogP contribution in [0.25, 0.3) is 0 Å². The molecule has 1 fully saturated rings. The van der Waals surface area contributed by atoms with Crippen molar-refractivity contribution in [3.05, 3.63) is 0 Å². The Morgan fingerprint density at radius 3 is 1.82 bits per heavy atom. The lowest BCUT2D eigenvalue weighted by Gasteiger charge is -2.25. The van der Waals surface area contributed by atoms with E-state index in [1.807, 2.05) is 0 Å². The predicted molar refractivity (Wildman–Crippen MR) is 114 cm³/mol. The van der Waals surface area contributed by atoms with Crippen LogP contribution in [-0.2, 0) is 14.3 Å². The zero-order valence-electron chi connectivity index (χ0n) is 18.0. The number of likely N-dealkylation sites (tertiary alicyclic amines) is 1. The van der Waals surface area contributed by atoms with Crippen LogP contribution >= 0.6 is 0 Å². The van der Waals surface area contributed by atoms with Gasteiger partial charge in [-0.15, -0.1) is 0 Å². The highest BCUT2D eigenvalue weighted by Crippen LogP contribution is 2.27. The smallest absolute Gasteiger partial charge is 0.241 e. The van der Waals surface area contributed by atoms with Crippen LogP contribution in [0.3, 0.4) is 0 Å². The largest absolute Gasteiger partial charge is 0.372 e. The third-order valence-corrected chi connectivity index (χ3v) is 5.36. The van der Waals surface area contributed by atoms with Gasteiger partial charge in [-0.2, -0.15) is 0 Å². The molecular weight excluding hydrogens is 354 g/mol. The Bertz CT molecular complexity index is 407. The number of nitrogens with one attached hydrogen (secondary N) is 2. The number of rotatable bonds is 18. The molecule has 0 aliphatic carbocycles. The molecule has 0 spiro atoms. The molecule has 3 atom stereocenters. The van der Waals surface area contributed by atoms with Gasteiger partial charge in [-0.1, -0.05) is 78.1 Å². The Labute approximate surface area is 171 Å². The molecule has 1 amide bonds. The summed E-state index contributed by atoms with van der Waals surface area (Å²) in [6.45, 7) is 5.53. The number of hydrogen-bond acceptors (Lipinski definition) is 5. The van der Waals surface area contributed by atoms with E-state index in [0.717, 1.165) is 38.2 Å². The summed E-state index contributed by atoms with van der Waals surface area (Å²) in [6.07, 6.45) is 15.1. The summed E-state index contributed by atoms with van der Waals surface area (Å²) >= 11 is 0. The third kappa shape index (κ3) is 8.39. The highest BCUT2D eigenvalue weighted by molar-refractivity contribution is 6.00. The average Bonchev–Trinajstić information content (AvgIpc) is 2.96. The van der Waals surface area contributed by atoms with Crippen molar-refractivity contribution in [1.29, 1.82) is 10.8 Å². The highest BCUT2D eigenvalue weighted by atomic mass is 16.6. The second kappa shape index (κ2) is 15.6. The van der Waals surface area contributed by atoms with Gasteiger partial charge in [0.1, 0.15) is 12.0 Å². The monoisotopic (exact) mass is 395 g/mol. The van der Waals surface area contributed by atoms with E-state index in [4.69, 9.17) is 20.3 Å². The Morgan fingerprint density at radius 2 is 1.32 bits per heavy atom. The molecular formula is C22H41N3O3. The fourth-order valence-electron chi connectivity index (χ4n) is 3.63. The van der Waals surface area contributed by atoms with Crippen LogP contribution in [0.4, 0.5) is 0 Å². The third-order valence-electron chi connectivity index (χ3n) is 5.36. The second-order valence-corrected chi connectivity index (χ2v) is 7.70. The fourth-order valence-corrected chi connectivity index (χ4v) is 3.63. The number of hydrogen-bond donors (Lipinski definition) is 2. The standard InChI is InChI=1S/C22H41N3O3/c1-3-5-7-9-11-13-15-27-20-19(17-23)21(26)25(18-24)22(20)28-16-14-12-10-8-6-4-2/h17-20,22-24H,3-16H2,1-2H3. The Morgan fingerprint density at radius 1 is 0.821 bits per heavy atom. The first-order chi connectivity index (χ1) is 13.7. The van der Waals surface area contributed by atoms with Gasteiger partial charge < -0.3 is 14.9 Å². The number of ether oxygens (including phenoxy) is 2. The Balaban J connectivity index is 2.45. The summed E-state index contributed by atoms with van der Waals surface area (Å²) in [6, 6.07) is 0. The molecule has 2 N–H and O–H groups in total. The zero-order chi connectivity index (χ0) is 20.6. The van der Waals surface area contributed by atoms with E-state index in [2.05, 4.69) is 13.8 Å². The molecule has 0 radical (unpaired) electrons. The molecule has 1 aliphatic rings. The number of amides is 1. The van der Waals surface area contributed by atoms with E-state index in [9.17, 15) is 4.79 Å². The summed E-state index contributed by atoms with van der Waals surface area (Å²) in [5.74, 6) is -0.929. The molecule has 1 heterocycles. The lowest BCUT2D eigenvalue weighted by molar-refractivity contribution is -0.131. The molecule has 6 heteroatoms. The van der Waals surface area contributed by atoms with Gasteiger partial charge in [0.05, 0.1) is 6.34 Å². The lowest BCUT2D eigenvalue weighted by Crippen LogP contribution is -2.39. The van der Waals surface area contributed by atoms with Crippen LogP contribution < -0.4 is 0 Å². The molecule has 0 aromatic heterocycles. The molecule has 1 aliphatic heterocycles. The summed E-state index contributed by atoms with van der Waals surface area (Å²) in [4.78, 5) is 13.8. The van der Waals surface area contributed by atoms with E-state index in [0.29, 0.717) is 13.2 Å². The van der Waals surface area contributed by atoms with Crippen LogP contribution in [-0.4, -0.2) is 48.9 Å². The quantitative estimate of drug-likeness (QED) is 0.191. The van der Waals surface area contributed by atoms with Crippen molar-refractivity contribution >= 4 is 18.5 Å². The minimum absolute atomic E-state index is 0.272. The molecule has 0 aromatic carbocycles. The van der Waals surface area contributed by atoms with Crippen molar-refractivity contribution in [1.82, 2.24) is 4.90 Å². The average molecular weight is 396 g/mol. The molecule has 0 bridgehead atoms. The normalized spacial score (nSPS) is 22.0. The van der Waals surface area contributed by atoms with E-state index >= 15 is 0 Å². The van der Waals surface area contributed by atoms with Crippen LogP contribution in [0, 0.1) is 16.7 Å². The maximum absolute atomic E-state index is 12.5. The molecule has 1 saturated heterocycles. The fraction of sp³-hybridized carbons (Fsp3) is 0.864. The maximum Gasteiger partial charge on any atom is 0.241 e. The number of carbonyl (C=O) groups excluding carboxylic acids is 1. The first-order valence-electron chi connectivity index (χ1n) is 11.3. The minimum Gasteiger partial charge on any atom is -0.372 e. The minimum atomic E-state index is -0.656. The summed E-state index contributed by atoms with van der Waals surface area (Å²) in [5, 5.41) is 15.2. The number of carbonyl (C=O) groups is 1. The maximum atomic E-state index is 12.5. The zero-order valence-corrected chi connectivity index (χ0v) is 18.0. The highest BCUT2D eigenvalue weighted by Gasteiger charge is 2.48. The van der Waals surface area contributed by atoms with Crippen LogP contribution in [0.2, 0.25) is 0 Å². The topological polar surface area (TPSA) is 86.5 Å². The van der Waals surface area contributed by atoms with E-state index in [-0.39, 0.29) is 5.91 Å². The van der Waals surface area contributed by atoms with Crippen molar-refractivity contribution in [2.45, 2.75) is 103 Å². The van der Waals surface area contributed by atoms with Crippen LogP contribution in [0.15, 0.2) is 0 Å². The number of unbranched alkanes of at least 4 members (excludes halogenated alkanes) is 10. The van der Waals surface area contributed by atoms with Crippen molar-refractivity contribution in [2.75, 3.05) is 13.2 Å². The van der Waals surface area contributed by atoms with Gasteiger partial charge in [-0.25, -0.2) is 0 Å². The van der Waals surface area contributed by atoms with Gasteiger partial charge in [-0.3, -0.25) is 15.1 Å². The predicted octanol–water partition coefficient (Wildman–Crippen LogP) is 5.15. The second-order valence-electron chi connectivity index (χ2n) is 7.70. The van der Waals surface area contributed by atoms with E-state index in [1.165, 1.54) is 56.3 Å². The first-order valence-corrected chi connectivity index (χ1v) is 11.3. The van der Waals surface area contributed by atoms with Crippen LogP contribution in [0.5, 0.6) is 0 Å². The Kier molecular flexibility index (Phi) is 13.8. The van der Waals surface area contributed by atoms with Gasteiger partial charge in [0.15, 0.2) is 6.23 Å². The van der Waals surface area contributed by atoms with Crippen molar-refractivity contribution in [2.24, 2.45) is 5.92 Å². The molecule has 0 saturated carbocycles. The molecule has 1 rings (SSSR count). The van der Waals surface area contributed by atoms with Crippen LogP contribution in [0.1, 0.15) is 90.9 Å². The van der Waals surface area contributed by atoms with Gasteiger partial charge in [-0.05, 0) is 12.8 Å². The van der Waals surface area contributed by atoms with E-state index < -0.39 is 18.2 Å². The molecule has 3 unspecified atom stereocenters. The van der Waals surface area contributed by atoms with Crippen molar-refractivity contribution < 1.29 is 14.3 Å². The molecule has 162 valence electrons. The van der Waals surface area contributed by atoms with Crippen molar-refractivity contribution in [3.63, 3.8) is 0 Å². The SMILES string of the molecule is CCCCCCCCOC1C(C=N)C(=O)N(C=N)C1OCCCCCCCC. The van der Waals surface area contributed by atoms with Gasteiger partial charge in [0.25, 0.3) is 0 Å². The molecule has 0 aromatic rings. The molecule has 28 heavy (non-hydrogen) atoms. The Hall–Kier alpha value is -1.27. The van der Waals surface area contributed by atoms with Gasteiger partial charge >= 0.3 is 0 Å². The first kappa shape index (κ1) is 24.8. The summed E-state index contributed by atoms with van der Waals surface area (Å²) in [7, 11) is 0. The molecule has 6 nitrogen and oxygen atoms in total. The summed E-state index contributed by atoms with van der Waals surface area (Å²) in [5.41, 5.74) is 0. The van der Waals surface area contributed by atoms with Gasteiger partial charge in [0, 0.05) is 19.4 Å². The van der Waals surface area contributed by atoms with Crippen molar-refractivity contribution in [3.8, 4) is 0 Å². The van der Waals surface area contributed by atoms with Gasteiger partial charge in [0.2, 0.25) is 5.91 Å². The van der Waals surface area contributed by atoms with E-state index in [1.54, 1.807) is 0 Å². The number of nitrogens with zero attached hydrogens (tertiary/aromatic N) is 1. The summed E-state index contributed by atoms with van der Waals surface area (Å²) < 4.78 is 12.0.